The maximum atomic E-state index is 12.6. The van der Waals surface area contributed by atoms with Gasteiger partial charge in [-0.05, 0) is 38.8 Å². The Balaban J connectivity index is 1.47. The largest absolute Gasteiger partial charge is 0.301 e. The fourth-order valence-electron chi connectivity index (χ4n) is 3.26. The Bertz CT molecular complexity index is 1180. The van der Waals surface area contributed by atoms with E-state index in [1.807, 2.05) is 18.7 Å². The molecule has 2 aromatic heterocycles. The first-order valence-corrected chi connectivity index (χ1v) is 11.5. The van der Waals surface area contributed by atoms with Crippen LogP contribution in [0.5, 0.6) is 0 Å². The van der Waals surface area contributed by atoms with Gasteiger partial charge in [0.2, 0.25) is 15.9 Å². The second-order valence-electron chi connectivity index (χ2n) is 7.06. The van der Waals surface area contributed by atoms with Gasteiger partial charge in [0.15, 0.2) is 5.13 Å². The summed E-state index contributed by atoms with van der Waals surface area (Å²) in [5.41, 5.74) is 3.91. The van der Waals surface area contributed by atoms with Crippen LogP contribution < -0.4 is 10.0 Å². The van der Waals surface area contributed by atoms with Crippen molar-refractivity contribution in [3.8, 4) is 11.3 Å². The molecule has 3 aromatic rings. The quantitative estimate of drug-likeness (QED) is 0.645. The van der Waals surface area contributed by atoms with Crippen molar-refractivity contribution in [1.82, 2.24) is 19.5 Å². The standard InChI is InChI=1S/C19H21N5O3S2/c1-11-4-6-13(7-5-11)29(26,27)23-12(2)18(25)22-19-21-17-14-10-20-24(3)15(14)8-9-16(17)28-19/h4-7,10,12,23H,8-9H2,1-3H3,(H,21,22,25)/t12-/m0/s1. The van der Waals surface area contributed by atoms with Gasteiger partial charge in [-0.3, -0.25) is 9.48 Å². The van der Waals surface area contributed by atoms with Gasteiger partial charge in [-0.1, -0.05) is 17.7 Å². The highest BCUT2D eigenvalue weighted by molar-refractivity contribution is 7.89. The average Bonchev–Trinajstić information content (AvgIpc) is 3.24. The molecule has 1 atom stereocenters. The third-order valence-corrected chi connectivity index (χ3v) is 7.48. The molecule has 10 heteroatoms. The molecule has 29 heavy (non-hydrogen) atoms. The Morgan fingerprint density at radius 2 is 1.97 bits per heavy atom. The van der Waals surface area contributed by atoms with E-state index in [2.05, 4.69) is 20.1 Å². The van der Waals surface area contributed by atoms with Gasteiger partial charge in [-0.15, -0.1) is 11.3 Å². The summed E-state index contributed by atoms with van der Waals surface area (Å²) in [6.45, 7) is 3.38. The highest BCUT2D eigenvalue weighted by atomic mass is 32.2. The minimum atomic E-state index is -3.79. The molecule has 0 spiro atoms. The van der Waals surface area contributed by atoms with Crippen LogP contribution in [0, 0.1) is 6.92 Å². The minimum absolute atomic E-state index is 0.122. The Labute approximate surface area is 173 Å². The van der Waals surface area contributed by atoms with Gasteiger partial charge in [0.05, 0.1) is 22.8 Å². The van der Waals surface area contributed by atoms with Gasteiger partial charge in [-0.2, -0.15) is 9.82 Å². The van der Waals surface area contributed by atoms with E-state index < -0.39 is 22.0 Å². The van der Waals surface area contributed by atoms with Crippen LogP contribution in [0.1, 0.15) is 23.1 Å². The van der Waals surface area contributed by atoms with E-state index in [1.165, 1.54) is 30.4 Å². The molecule has 2 N–H and O–H groups in total. The highest BCUT2D eigenvalue weighted by Crippen LogP contribution is 2.37. The number of fused-ring (bicyclic) bond motifs is 3. The monoisotopic (exact) mass is 431 g/mol. The predicted octanol–water partition coefficient (Wildman–Crippen LogP) is 2.26. The smallest absolute Gasteiger partial charge is 0.244 e. The van der Waals surface area contributed by atoms with Crippen LogP contribution in [0.4, 0.5) is 5.13 Å². The topological polar surface area (TPSA) is 106 Å². The lowest BCUT2D eigenvalue weighted by Gasteiger charge is -2.13. The number of anilines is 1. The van der Waals surface area contributed by atoms with Crippen molar-refractivity contribution in [2.45, 2.75) is 37.6 Å². The number of hydrogen-bond acceptors (Lipinski definition) is 6. The summed E-state index contributed by atoms with van der Waals surface area (Å²) >= 11 is 1.41. The van der Waals surface area contributed by atoms with Crippen molar-refractivity contribution in [2.24, 2.45) is 7.05 Å². The van der Waals surface area contributed by atoms with Crippen LogP contribution in [0.25, 0.3) is 11.3 Å². The molecule has 1 amide bonds. The number of carbonyl (C=O) groups is 1. The van der Waals surface area contributed by atoms with E-state index in [4.69, 9.17) is 0 Å². The number of amides is 1. The molecule has 0 saturated carbocycles. The molecule has 152 valence electrons. The van der Waals surface area contributed by atoms with Crippen LogP contribution in [-0.2, 0) is 34.7 Å². The van der Waals surface area contributed by atoms with Crippen molar-refractivity contribution >= 4 is 32.4 Å². The third kappa shape index (κ3) is 3.83. The average molecular weight is 432 g/mol. The fraction of sp³-hybridized carbons (Fsp3) is 0.316. The second kappa shape index (κ2) is 7.36. The number of benzene rings is 1. The van der Waals surface area contributed by atoms with Crippen molar-refractivity contribution in [3.63, 3.8) is 0 Å². The van der Waals surface area contributed by atoms with E-state index >= 15 is 0 Å². The second-order valence-corrected chi connectivity index (χ2v) is 9.86. The Hall–Kier alpha value is -2.56. The number of rotatable bonds is 5. The van der Waals surface area contributed by atoms with Crippen molar-refractivity contribution < 1.29 is 13.2 Å². The van der Waals surface area contributed by atoms with Crippen LogP contribution in [0.2, 0.25) is 0 Å². The number of thiazole rings is 1. The molecule has 4 rings (SSSR count). The Kier molecular flexibility index (Phi) is 5.01. The minimum Gasteiger partial charge on any atom is -0.301 e. The molecule has 1 aromatic carbocycles. The van der Waals surface area contributed by atoms with E-state index in [-0.39, 0.29) is 4.90 Å². The lowest BCUT2D eigenvalue weighted by atomic mass is 10.0. The molecule has 0 bridgehead atoms. The summed E-state index contributed by atoms with van der Waals surface area (Å²) < 4.78 is 29.3. The number of carbonyl (C=O) groups excluding carboxylic acids is 1. The van der Waals surface area contributed by atoms with E-state index in [9.17, 15) is 13.2 Å². The lowest BCUT2D eigenvalue weighted by Crippen LogP contribution is -2.41. The summed E-state index contributed by atoms with van der Waals surface area (Å²) in [6.07, 6.45) is 3.50. The third-order valence-electron chi connectivity index (χ3n) is 4.89. The first-order valence-electron chi connectivity index (χ1n) is 9.15. The van der Waals surface area contributed by atoms with Crippen LogP contribution in [0.15, 0.2) is 35.4 Å². The maximum Gasteiger partial charge on any atom is 0.244 e. The van der Waals surface area contributed by atoms with E-state index in [0.717, 1.165) is 40.2 Å². The number of sulfonamides is 1. The van der Waals surface area contributed by atoms with Gasteiger partial charge < -0.3 is 5.32 Å². The Morgan fingerprint density at radius 1 is 1.24 bits per heavy atom. The summed E-state index contributed by atoms with van der Waals surface area (Å²) in [5, 5.41) is 7.48. The highest BCUT2D eigenvalue weighted by Gasteiger charge is 2.26. The van der Waals surface area contributed by atoms with Crippen molar-refractivity contribution in [3.05, 3.63) is 46.6 Å². The molecule has 0 unspecified atom stereocenters. The maximum absolute atomic E-state index is 12.6. The van der Waals surface area contributed by atoms with E-state index in [0.29, 0.717) is 5.13 Å². The Morgan fingerprint density at radius 3 is 2.69 bits per heavy atom. The predicted molar refractivity (Wildman–Crippen MR) is 111 cm³/mol. The van der Waals surface area contributed by atoms with Crippen LogP contribution >= 0.6 is 11.3 Å². The first kappa shape index (κ1) is 19.7. The zero-order chi connectivity index (χ0) is 20.8. The SMILES string of the molecule is Cc1ccc(S(=O)(=O)N[C@@H](C)C(=O)Nc2nc3c(s2)CCc2c-3cnn2C)cc1. The molecule has 0 saturated heterocycles. The number of nitrogens with zero attached hydrogens (tertiary/aromatic N) is 3. The summed E-state index contributed by atoms with van der Waals surface area (Å²) in [4.78, 5) is 18.3. The zero-order valence-corrected chi connectivity index (χ0v) is 17.9. The van der Waals surface area contributed by atoms with Gasteiger partial charge in [0, 0.05) is 23.2 Å². The molecular formula is C19H21N5O3S2. The molecule has 1 aliphatic carbocycles. The summed E-state index contributed by atoms with van der Waals surface area (Å²) in [6, 6.07) is 5.51. The molecule has 0 radical (unpaired) electrons. The zero-order valence-electron chi connectivity index (χ0n) is 16.3. The molecule has 0 fully saturated rings. The van der Waals surface area contributed by atoms with Crippen molar-refractivity contribution in [2.75, 3.05) is 5.32 Å². The molecule has 1 aliphatic rings. The summed E-state index contributed by atoms with van der Waals surface area (Å²) in [7, 11) is -1.89. The summed E-state index contributed by atoms with van der Waals surface area (Å²) in [5.74, 6) is -0.460. The number of nitrogens with one attached hydrogen (secondary N) is 2. The van der Waals surface area contributed by atoms with Gasteiger partial charge >= 0.3 is 0 Å². The molecule has 2 heterocycles. The normalized spacial score (nSPS) is 14.2. The lowest BCUT2D eigenvalue weighted by molar-refractivity contribution is -0.117. The fourth-order valence-corrected chi connectivity index (χ4v) is 5.44. The number of aryl methyl sites for hydroxylation is 3. The number of hydrogen-bond donors (Lipinski definition) is 2. The van der Waals surface area contributed by atoms with E-state index in [1.54, 1.807) is 18.3 Å². The molecule has 0 aliphatic heterocycles. The molecule has 8 nitrogen and oxygen atoms in total. The van der Waals surface area contributed by atoms with Gasteiger partial charge in [0.25, 0.3) is 0 Å². The van der Waals surface area contributed by atoms with Crippen LogP contribution in [-0.4, -0.2) is 35.1 Å². The van der Waals surface area contributed by atoms with Gasteiger partial charge in [0.1, 0.15) is 0 Å². The van der Waals surface area contributed by atoms with Gasteiger partial charge in [-0.25, -0.2) is 13.4 Å². The molecular weight excluding hydrogens is 410 g/mol. The van der Waals surface area contributed by atoms with Crippen LogP contribution in [0.3, 0.4) is 0 Å². The van der Waals surface area contributed by atoms with Crippen molar-refractivity contribution in [1.29, 1.82) is 0 Å². The first-order chi connectivity index (χ1) is 13.7. The number of aromatic nitrogens is 3.